The highest BCUT2D eigenvalue weighted by Crippen LogP contribution is 2.42. The predicted octanol–water partition coefficient (Wildman–Crippen LogP) is 8.76. The number of Topliss-reactive ketones (excluding diaryl/α,β-unsaturated/α-hetero) is 1. The number of carbonyl (C=O) groups is 1. The molecule has 0 radical (unpaired) electrons. The van der Waals surface area contributed by atoms with E-state index in [1.165, 1.54) is 0 Å². The summed E-state index contributed by atoms with van der Waals surface area (Å²) >= 11 is 0. The summed E-state index contributed by atoms with van der Waals surface area (Å²) in [7, 11) is 0. The third-order valence-electron chi connectivity index (χ3n) is 6.06. The fourth-order valence-corrected chi connectivity index (χ4v) is 4.12. The number of ketones is 1. The summed E-state index contributed by atoms with van der Waals surface area (Å²) in [5, 5.41) is 10.3. The Kier molecular flexibility index (Phi) is 6.03. The minimum atomic E-state index is -0.322. The molecule has 3 aromatic rings. The van der Waals surface area contributed by atoms with Crippen LogP contribution in [-0.2, 0) is 4.79 Å². The van der Waals surface area contributed by atoms with Crippen molar-refractivity contribution in [1.82, 2.24) is 0 Å². The Hall–Kier alpha value is -3.53. The summed E-state index contributed by atoms with van der Waals surface area (Å²) < 4.78 is 6.32. The highest BCUT2D eigenvalue weighted by Gasteiger charge is 2.35. The second-order valence-electron chi connectivity index (χ2n) is 10.8. The number of rotatable bonds is 3. The molecule has 0 saturated heterocycles. The van der Waals surface area contributed by atoms with Crippen LogP contribution in [0.1, 0.15) is 52.9 Å². The van der Waals surface area contributed by atoms with Gasteiger partial charge in [-0.25, -0.2) is 0 Å². The van der Waals surface area contributed by atoms with Crippen molar-refractivity contribution in [3.05, 3.63) is 94.8 Å². The van der Waals surface area contributed by atoms with Gasteiger partial charge in [-0.05, 0) is 48.1 Å². The maximum Gasteiger partial charge on any atom is 0.186 e. The van der Waals surface area contributed by atoms with Crippen LogP contribution in [0.2, 0.25) is 0 Å². The Labute approximate surface area is 201 Å². The topological polar surface area (TPSA) is 54.9 Å². The van der Waals surface area contributed by atoms with E-state index >= 15 is 0 Å². The van der Waals surface area contributed by atoms with Crippen LogP contribution in [0.15, 0.2) is 98.1 Å². The van der Waals surface area contributed by atoms with Crippen molar-refractivity contribution < 1.29 is 9.21 Å². The van der Waals surface area contributed by atoms with E-state index < -0.39 is 0 Å². The molecule has 1 aliphatic carbocycles. The van der Waals surface area contributed by atoms with Gasteiger partial charge in [0, 0.05) is 27.7 Å². The van der Waals surface area contributed by atoms with Crippen molar-refractivity contribution in [1.29, 1.82) is 0 Å². The van der Waals surface area contributed by atoms with Crippen LogP contribution in [0.25, 0.3) is 16.7 Å². The number of allylic oxidation sites excluding steroid dienone is 5. The molecule has 4 nitrogen and oxygen atoms in total. The van der Waals surface area contributed by atoms with Gasteiger partial charge in [-0.2, -0.15) is 5.11 Å². The summed E-state index contributed by atoms with van der Waals surface area (Å²) in [6.07, 6.45) is 3.92. The van der Waals surface area contributed by atoms with E-state index in [0.717, 1.165) is 38.9 Å². The van der Waals surface area contributed by atoms with Gasteiger partial charge < -0.3 is 4.42 Å². The van der Waals surface area contributed by atoms with Crippen LogP contribution >= 0.6 is 0 Å². The van der Waals surface area contributed by atoms with E-state index in [1.54, 1.807) is 0 Å². The summed E-state index contributed by atoms with van der Waals surface area (Å²) in [6, 6.07) is 17.6. The smallest absolute Gasteiger partial charge is 0.186 e. The molecule has 4 rings (SSSR count). The standard InChI is InChI=1S/C30H32N2O2/c1-19-22-15-11-12-16-25(22)34-28(19)26(32-31-21-13-9-8-10-14-21)20-17-23(29(2,3)4)27(33)24(18-20)30(5,6)7/h8-18H,1-7H3. The molecule has 34 heavy (non-hydrogen) atoms. The Morgan fingerprint density at radius 1 is 0.794 bits per heavy atom. The fraction of sp³-hybridized carbons (Fsp3) is 0.300. The van der Waals surface area contributed by atoms with Gasteiger partial charge in [0.25, 0.3) is 0 Å². The molecule has 1 heterocycles. The van der Waals surface area contributed by atoms with E-state index in [9.17, 15) is 4.79 Å². The van der Waals surface area contributed by atoms with E-state index in [4.69, 9.17) is 9.53 Å². The third-order valence-corrected chi connectivity index (χ3v) is 6.06. The number of para-hydroxylation sites is 1. The van der Waals surface area contributed by atoms with Crippen molar-refractivity contribution in [2.45, 2.75) is 48.5 Å². The molecule has 0 N–H and O–H groups in total. The van der Waals surface area contributed by atoms with Crippen molar-refractivity contribution in [2.75, 3.05) is 0 Å². The molecule has 0 amide bonds. The highest BCUT2D eigenvalue weighted by molar-refractivity contribution is 6.12. The van der Waals surface area contributed by atoms with E-state index in [-0.39, 0.29) is 16.6 Å². The lowest BCUT2D eigenvalue weighted by Crippen LogP contribution is -2.28. The summed E-state index contributed by atoms with van der Waals surface area (Å²) in [5.41, 5.74) is 4.88. The summed E-state index contributed by atoms with van der Waals surface area (Å²) in [6.45, 7) is 14.4. The Morgan fingerprint density at radius 3 is 1.91 bits per heavy atom. The quantitative estimate of drug-likeness (QED) is 0.373. The lowest BCUT2D eigenvalue weighted by atomic mass is 9.71. The van der Waals surface area contributed by atoms with Crippen LogP contribution in [0.5, 0.6) is 0 Å². The normalized spacial score (nSPS) is 15.1. The minimum Gasteiger partial charge on any atom is -0.454 e. The first-order chi connectivity index (χ1) is 16.0. The van der Waals surface area contributed by atoms with E-state index in [1.807, 2.05) is 73.7 Å². The molecule has 0 aliphatic heterocycles. The van der Waals surface area contributed by atoms with Gasteiger partial charge >= 0.3 is 0 Å². The number of fused-ring (bicyclic) bond motifs is 1. The number of nitrogens with zero attached hydrogens (tertiary/aromatic N) is 2. The molecule has 0 spiro atoms. The largest absolute Gasteiger partial charge is 0.454 e. The number of carbonyl (C=O) groups excluding carboxylic acids is 1. The van der Waals surface area contributed by atoms with E-state index in [0.29, 0.717) is 11.5 Å². The van der Waals surface area contributed by atoms with Crippen molar-refractivity contribution in [3.63, 3.8) is 0 Å². The lowest BCUT2D eigenvalue weighted by Gasteiger charge is -2.31. The van der Waals surface area contributed by atoms with Gasteiger partial charge in [-0.15, -0.1) is 5.11 Å². The first-order valence-electron chi connectivity index (χ1n) is 11.7. The number of benzene rings is 2. The average molecular weight is 453 g/mol. The Morgan fingerprint density at radius 2 is 1.35 bits per heavy atom. The lowest BCUT2D eigenvalue weighted by molar-refractivity contribution is -0.114. The van der Waals surface area contributed by atoms with Crippen molar-refractivity contribution in [2.24, 2.45) is 21.1 Å². The molecule has 1 aromatic heterocycles. The van der Waals surface area contributed by atoms with Crippen LogP contribution < -0.4 is 0 Å². The van der Waals surface area contributed by atoms with Crippen molar-refractivity contribution >= 4 is 28.1 Å². The molecular weight excluding hydrogens is 420 g/mol. The third kappa shape index (κ3) is 4.58. The van der Waals surface area contributed by atoms with Crippen LogP contribution in [0.3, 0.4) is 0 Å². The molecule has 0 fully saturated rings. The van der Waals surface area contributed by atoms with Crippen LogP contribution in [0.4, 0.5) is 5.69 Å². The molecule has 2 aromatic carbocycles. The first kappa shape index (κ1) is 23.6. The zero-order valence-electron chi connectivity index (χ0n) is 21.1. The molecule has 174 valence electrons. The minimum absolute atomic E-state index is 0.0874. The zero-order chi connectivity index (χ0) is 24.7. The summed E-state index contributed by atoms with van der Waals surface area (Å²) in [4.78, 5) is 13.5. The van der Waals surface area contributed by atoms with Crippen molar-refractivity contribution in [3.8, 4) is 0 Å². The number of aryl methyl sites for hydroxylation is 1. The maximum absolute atomic E-state index is 13.5. The molecule has 1 aliphatic rings. The van der Waals surface area contributed by atoms with Gasteiger partial charge in [0.2, 0.25) is 0 Å². The molecule has 4 heteroatoms. The summed E-state index contributed by atoms with van der Waals surface area (Å²) in [5.74, 6) is 0.753. The second kappa shape index (κ2) is 8.68. The first-order valence-corrected chi connectivity index (χ1v) is 11.7. The number of furan rings is 1. The fourth-order valence-electron chi connectivity index (χ4n) is 4.12. The molecular formula is C30H32N2O2. The maximum atomic E-state index is 13.5. The number of hydrogen-bond acceptors (Lipinski definition) is 4. The van der Waals surface area contributed by atoms with Gasteiger partial charge in [-0.3, -0.25) is 4.79 Å². The highest BCUT2D eigenvalue weighted by atomic mass is 16.3. The second-order valence-corrected chi connectivity index (χ2v) is 10.8. The zero-order valence-corrected chi connectivity index (χ0v) is 21.1. The average Bonchev–Trinajstić information content (AvgIpc) is 3.10. The molecule has 0 unspecified atom stereocenters. The molecule has 0 bridgehead atoms. The van der Waals surface area contributed by atoms with Gasteiger partial charge in [0.15, 0.2) is 11.5 Å². The van der Waals surface area contributed by atoms with Crippen LogP contribution in [-0.4, -0.2) is 5.78 Å². The Balaban J connectivity index is 2.04. The monoisotopic (exact) mass is 452 g/mol. The Bertz CT molecular complexity index is 1330. The number of hydrogen-bond donors (Lipinski definition) is 0. The molecule has 0 saturated carbocycles. The van der Waals surface area contributed by atoms with Gasteiger partial charge in [0.1, 0.15) is 11.3 Å². The predicted molar refractivity (Wildman–Crippen MR) is 139 cm³/mol. The van der Waals surface area contributed by atoms with Gasteiger partial charge in [-0.1, -0.05) is 77.9 Å². The van der Waals surface area contributed by atoms with Gasteiger partial charge in [0.05, 0.1) is 5.69 Å². The molecule has 0 atom stereocenters. The van der Waals surface area contributed by atoms with Crippen LogP contribution in [0, 0.1) is 17.8 Å². The number of azo groups is 1. The van der Waals surface area contributed by atoms with E-state index in [2.05, 4.69) is 46.7 Å². The SMILES string of the molecule is Cc1c(C(N=Nc2ccccc2)=C2C=C(C(C)(C)C)C(=O)C(C(C)(C)C)=C2)oc2ccccc12.